The third kappa shape index (κ3) is 2.64. The third-order valence-corrected chi connectivity index (χ3v) is 6.98. The lowest BCUT2D eigenvalue weighted by Crippen LogP contribution is -2.89. The second-order valence-corrected chi connectivity index (χ2v) is 8.57. The Balaban J connectivity index is 2.12. The van der Waals surface area contributed by atoms with Crippen LogP contribution in [-0.2, 0) is 23.7 Å². The summed E-state index contributed by atoms with van der Waals surface area (Å²) >= 11 is 0. The number of benzene rings is 1. The molecule has 6 atom stereocenters. The Bertz CT molecular complexity index is 755. The second kappa shape index (κ2) is 6.50. The highest BCUT2D eigenvalue weighted by atomic mass is 16.8. The van der Waals surface area contributed by atoms with E-state index in [1.807, 2.05) is 37.3 Å². The lowest BCUT2D eigenvalue weighted by atomic mass is 9.59. The molecule has 3 unspecified atom stereocenters. The van der Waals surface area contributed by atoms with Crippen LogP contribution in [0, 0.1) is 0 Å². The molecule has 2 aliphatic rings. The first kappa shape index (κ1) is 21.2. The lowest BCUT2D eigenvalue weighted by molar-refractivity contribution is -0.469. The molecular weight excluding hydrogens is 362 g/mol. The molecule has 1 amide bonds. The summed E-state index contributed by atoms with van der Waals surface area (Å²) in [5, 5.41) is 14.8. The number of methoxy groups -OCH3 is 1. The van der Waals surface area contributed by atoms with Crippen molar-refractivity contribution >= 4 is 5.91 Å². The minimum absolute atomic E-state index is 0.175. The fourth-order valence-electron chi connectivity index (χ4n) is 4.56. The average Bonchev–Trinajstić information content (AvgIpc) is 2.63. The van der Waals surface area contributed by atoms with Gasteiger partial charge < -0.3 is 29.4 Å². The highest BCUT2D eigenvalue weighted by Crippen LogP contribution is 2.58. The number of carbonyl (C=O) groups excluding carboxylic acids is 1. The Labute approximate surface area is 166 Å². The number of fused-ring (bicyclic) bond motifs is 1. The highest BCUT2D eigenvalue weighted by molar-refractivity contribution is 5.74. The second-order valence-electron chi connectivity index (χ2n) is 8.57. The summed E-state index contributed by atoms with van der Waals surface area (Å²) in [7, 11) is 1.49. The van der Waals surface area contributed by atoms with Crippen molar-refractivity contribution in [2.45, 2.75) is 76.0 Å². The van der Waals surface area contributed by atoms with Gasteiger partial charge in [-0.25, -0.2) is 0 Å². The minimum Gasteiger partial charge on any atom is -0.384 e. The number of ether oxygens (including phenoxy) is 4. The van der Waals surface area contributed by atoms with E-state index in [0.717, 1.165) is 5.56 Å². The molecule has 28 heavy (non-hydrogen) atoms. The van der Waals surface area contributed by atoms with E-state index in [4.69, 9.17) is 18.9 Å². The van der Waals surface area contributed by atoms with E-state index in [9.17, 15) is 9.90 Å². The predicted octanol–water partition coefficient (Wildman–Crippen LogP) is 2.29. The number of amides is 1. The smallest absolute Gasteiger partial charge is 0.217 e. The maximum absolute atomic E-state index is 12.0. The Morgan fingerprint density at radius 2 is 1.79 bits per heavy atom. The molecule has 3 rings (SSSR count). The van der Waals surface area contributed by atoms with Gasteiger partial charge in [0.25, 0.3) is 0 Å². The molecule has 156 valence electrons. The molecule has 7 heteroatoms. The van der Waals surface area contributed by atoms with Crippen molar-refractivity contribution in [3.05, 3.63) is 35.9 Å². The molecule has 2 fully saturated rings. The van der Waals surface area contributed by atoms with E-state index in [-0.39, 0.29) is 12.5 Å². The van der Waals surface area contributed by atoms with Gasteiger partial charge in [-0.15, -0.1) is 0 Å². The van der Waals surface area contributed by atoms with Crippen LogP contribution in [0.25, 0.3) is 0 Å². The molecule has 2 aliphatic heterocycles. The maximum atomic E-state index is 12.0. The molecule has 7 nitrogen and oxygen atoms in total. The molecule has 1 aromatic rings. The van der Waals surface area contributed by atoms with E-state index in [2.05, 4.69) is 5.32 Å². The molecule has 0 radical (unpaired) electrons. The fraction of sp³-hybridized carbons (Fsp3) is 0.667. The van der Waals surface area contributed by atoms with Crippen LogP contribution in [0.2, 0.25) is 0 Å². The average molecular weight is 393 g/mol. The lowest BCUT2D eigenvalue weighted by Gasteiger charge is -2.69. The molecule has 1 aromatic carbocycles. The SMILES string of the molecule is COC1(C)OC2(C)COC(c3ccccc3)O[C@@]2(C)[C@@](C)(O)[C@]1(C)NC(C)=O. The largest absolute Gasteiger partial charge is 0.384 e. The van der Waals surface area contributed by atoms with Crippen LogP contribution in [0.5, 0.6) is 0 Å². The molecule has 0 aliphatic carbocycles. The van der Waals surface area contributed by atoms with Crippen molar-refractivity contribution in [2.24, 2.45) is 0 Å². The molecular formula is C21H31NO6. The molecule has 0 spiro atoms. The first-order valence-electron chi connectivity index (χ1n) is 9.47. The van der Waals surface area contributed by atoms with Crippen LogP contribution < -0.4 is 5.32 Å². The van der Waals surface area contributed by atoms with Crippen molar-refractivity contribution in [3.63, 3.8) is 0 Å². The first-order chi connectivity index (χ1) is 12.9. The number of hydrogen-bond acceptors (Lipinski definition) is 6. The summed E-state index contributed by atoms with van der Waals surface area (Å²) in [5.74, 6) is -1.64. The topological polar surface area (TPSA) is 86.2 Å². The maximum Gasteiger partial charge on any atom is 0.217 e. The third-order valence-electron chi connectivity index (χ3n) is 6.98. The van der Waals surface area contributed by atoms with E-state index in [1.54, 1.807) is 27.7 Å². The number of rotatable bonds is 3. The zero-order chi connectivity index (χ0) is 21.0. The Hall–Kier alpha value is -1.51. The van der Waals surface area contributed by atoms with Gasteiger partial charge in [0.15, 0.2) is 12.1 Å². The van der Waals surface area contributed by atoms with Gasteiger partial charge in [-0.2, -0.15) is 0 Å². The number of hydrogen-bond donors (Lipinski definition) is 2. The van der Waals surface area contributed by atoms with Crippen LogP contribution in [0.4, 0.5) is 0 Å². The number of nitrogens with one attached hydrogen (secondary N) is 1. The Morgan fingerprint density at radius 3 is 2.32 bits per heavy atom. The van der Waals surface area contributed by atoms with Gasteiger partial charge in [-0.05, 0) is 34.6 Å². The zero-order valence-corrected chi connectivity index (χ0v) is 17.7. The summed E-state index contributed by atoms with van der Waals surface area (Å²) in [6.45, 7) is 10.2. The van der Waals surface area contributed by atoms with Crippen LogP contribution in [-0.4, -0.2) is 52.9 Å². The van der Waals surface area contributed by atoms with Gasteiger partial charge in [0.1, 0.15) is 22.3 Å². The van der Waals surface area contributed by atoms with Crippen LogP contribution in [0.1, 0.15) is 53.4 Å². The summed E-state index contributed by atoms with van der Waals surface area (Å²) in [6.07, 6.45) is -0.678. The van der Waals surface area contributed by atoms with E-state index in [0.29, 0.717) is 0 Å². The molecule has 2 heterocycles. The van der Waals surface area contributed by atoms with E-state index >= 15 is 0 Å². The molecule has 2 N–H and O–H groups in total. The van der Waals surface area contributed by atoms with Crippen molar-refractivity contribution < 1.29 is 28.8 Å². The van der Waals surface area contributed by atoms with Gasteiger partial charge in [-0.1, -0.05) is 30.3 Å². The minimum atomic E-state index is -1.58. The van der Waals surface area contributed by atoms with Crippen molar-refractivity contribution in [3.8, 4) is 0 Å². The van der Waals surface area contributed by atoms with Crippen molar-refractivity contribution in [2.75, 3.05) is 13.7 Å². The highest BCUT2D eigenvalue weighted by Gasteiger charge is 2.77. The van der Waals surface area contributed by atoms with Gasteiger partial charge in [0.2, 0.25) is 5.91 Å². The molecule has 2 saturated heterocycles. The summed E-state index contributed by atoms with van der Waals surface area (Å²) in [4.78, 5) is 12.0. The molecule has 0 aromatic heterocycles. The fourth-order valence-corrected chi connectivity index (χ4v) is 4.56. The van der Waals surface area contributed by atoms with Gasteiger partial charge >= 0.3 is 0 Å². The summed E-state index contributed by atoms with van der Waals surface area (Å²) in [6, 6.07) is 9.52. The van der Waals surface area contributed by atoms with Gasteiger partial charge in [0, 0.05) is 19.6 Å². The van der Waals surface area contributed by atoms with Crippen molar-refractivity contribution in [1.29, 1.82) is 0 Å². The summed E-state index contributed by atoms with van der Waals surface area (Å²) < 4.78 is 24.5. The van der Waals surface area contributed by atoms with Crippen LogP contribution in [0.15, 0.2) is 30.3 Å². The number of carbonyl (C=O) groups is 1. The zero-order valence-electron chi connectivity index (χ0n) is 17.7. The standard InChI is InChI=1S/C21H31NO6/c1-14(23)22-18(3)19(4,24)20(5)17(2,28-21(18,6)25-7)13-26-16(27-20)15-11-9-8-10-12-15/h8-12,16,24H,13H2,1-7H3,(H,22,23)/t16?,17?,18-,19-,20+,21?/m0/s1. The number of aliphatic hydroxyl groups is 1. The normalized spacial score (nSPS) is 45.9. The predicted molar refractivity (Wildman–Crippen MR) is 102 cm³/mol. The van der Waals surface area contributed by atoms with Crippen LogP contribution in [0.3, 0.4) is 0 Å². The summed E-state index contributed by atoms with van der Waals surface area (Å²) in [5.41, 5.74) is -4.32. The van der Waals surface area contributed by atoms with Gasteiger partial charge in [-0.3, -0.25) is 4.79 Å². The molecule has 0 saturated carbocycles. The van der Waals surface area contributed by atoms with Crippen LogP contribution >= 0.6 is 0 Å². The van der Waals surface area contributed by atoms with E-state index in [1.165, 1.54) is 14.0 Å². The Morgan fingerprint density at radius 1 is 1.18 bits per heavy atom. The monoisotopic (exact) mass is 393 g/mol. The molecule has 0 bridgehead atoms. The Kier molecular flexibility index (Phi) is 4.92. The van der Waals surface area contributed by atoms with E-state index < -0.39 is 34.4 Å². The van der Waals surface area contributed by atoms with Gasteiger partial charge in [0.05, 0.1) is 6.61 Å². The van der Waals surface area contributed by atoms with Crippen molar-refractivity contribution in [1.82, 2.24) is 5.32 Å². The first-order valence-corrected chi connectivity index (χ1v) is 9.47. The quantitative estimate of drug-likeness (QED) is 0.820.